The Balaban J connectivity index is 2.04. The standard InChI is InChI=1S/C10H15F2N3O2/c11-10(12)3-1-6(5-10)8-14-9(17-15-8)7(16)2-4-13/h6-7,16H,1-5,13H2/t6?,7-/m0/s1. The summed E-state index contributed by atoms with van der Waals surface area (Å²) in [4.78, 5) is 3.96. The number of hydrogen-bond donors (Lipinski definition) is 2. The summed E-state index contributed by atoms with van der Waals surface area (Å²) < 4.78 is 30.9. The van der Waals surface area contributed by atoms with Crippen LogP contribution in [-0.2, 0) is 0 Å². The van der Waals surface area contributed by atoms with Gasteiger partial charge < -0.3 is 15.4 Å². The summed E-state index contributed by atoms with van der Waals surface area (Å²) in [5, 5.41) is 13.2. The quantitative estimate of drug-likeness (QED) is 0.839. The fourth-order valence-electron chi connectivity index (χ4n) is 2.00. The minimum atomic E-state index is -2.64. The van der Waals surface area contributed by atoms with Gasteiger partial charge >= 0.3 is 0 Å². The first-order chi connectivity index (χ1) is 8.02. The maximum atomic E-state index is 13.0. The van der Waals surface area contributed by atoms with Crippen LogP contribution in [0.5, 0.6) is 0 Å². The smallest absolute Gasteiger partial charge is 0.255 e. The van der Waals surface area contributed by atoms with Crippen LogP contribution in [0, 0.1) is 0 Å². The van der Waals surface area contributed by atoms with Crippen molar-refractivity contribution in [3.63, 3.8) is 0 Å². The van der Waals surface area contributed by atoms with Gasteiger partial charge in [-0.05, 0) is 19.4 Å². The zero-order valence-corrected chi connectivity index (χ0v) is 9.27. The molecule has 0 radical (unpaired) electrons. The Labute approximate surface area is 97.0 Å². The zero-order chi connectivity index (χ0) is 12.5. The molecule has 1 fully saturated rings. The number of aliphatic hydroxyl groups is 1. The zero-order valence-electron chi connectivity index (χ0n) is 9.27. The second-order valence-corrected chi connectivity index (χ2v) is 4.38. The predicted molar refractivity (Wildman–Crippen MR) is 54.5 cm³/mol. The van der Waals surface area contributed by atoms with E-state index in [2.05, 4.69) is 10.1 Å². The summed E-state index contributed by atoms with van der Waals surface area (Å²) in [6.45, 7) is 0.292. The van der Waals surface area contributed by atoms with Crippen LogP contribution in [0.3, 0.4) is 0 Å². The van der Waals surface area contributed by atoms with Crippen LogP contribution >= 0.6 is 0 Å². The molecule has 5 nitrogen and oxygen atoms in total. The van der Waals surface area contributed by atoms with E-state index in [4.69, 9.17) is 10.3 Å². The van der Waals surface area contributed by atoms with Crippen molar-refractivity contribution in [2.75, 3.05) is 6.54 Å². The summed E-state index contributed by atoms with van der Waals surface area (Å²) in [5.41, 5.74) is 5.28. The van der Waals surface area contributed by atoms with Gasteiger partial charge in [0.2, 0.25) is 5.92 Å². The lowest BCUT2D eigenvalue weighted by Crippen LogP contribution is -2.10. The van der Waals surface area contributed by atoms with Crippen molar-refractivity contribution in [3.05, 3.63) is 11.7 Å². The molecule has 2 atom stereocenters. The summed E-state index contributed by atoms with van der Waals surface area (Å²) in [5.74, 6) is -2.71. The van der Waals surface area contributed by atoms with Gasteiger partial charge in [0.1, 0.15) is 6.10 Å². The van der Waals surface area contributed by atoms with Gasteiger partial charge in [-0.3, -0.25) is 0 Å². The summed E-state index contributed by atoms with van der Waals surface area (Å²) in [6.07, 6.45) is -0.657. The fraction of sp³-hybridized carbons (Fsp3) is 0.800. The van der Waals surface area contributed by atoms with Crippen molar-refractivity contribution in [3.8, 4) is 0 Å². The third kappa shape index (κ3) is 2.78. The first-order valence-electron chi connectivity index (χ1n) is 5.61. The maximum Gasteiger partial charge on any atom is 0.255 e. The Bertz CT molecular complexity index is 383. The van der Waals surface area contributed by atoms with Crippen LogP contribution in [0.15, 0.2) is 4.52 Å². The van der Waals surface area contributed by atoms with Crippen molar-refractivity contribution in [2.24, 2.45) is 5.73 Å². The Morgan fingerprint density at radius 2 is 2.35 bits per heavy atom. The molecule has 1 heterocycles. The van der Waals surface area contributed by atoms with Crippen LogP contribution in [-0.4, -0.2) is 27.7 Å². The highest BCUT2D eigenvalue weighted by Crippen LogP contribution is 2.43. The second-order valence-electron chi connectivity index (χ2n) is 4.38. The lowest BCUT2D eigenvalue weighted by Gasteiger charge is -2.06. The van der Waals surface area contributed by atoms with Gasteiger partial charge in [0.05, 0.1) is 0 Å². The Kier molecular flexibility index (Phi) is 3.39. The topological polar surface area (TPSA) is 85.2 Å². The molecule has 2 rings (SSSR count). The lowest BCUT2D eigenvalue weighted by molar-refractivity contribution is 0.00749. The van der Waals surface area contributed by atoms with E-state index in [0.29, 0.717) is 19.4 Å². The Morgan fingerprint density at radius 3 is 2.94 bits per heavy atom. The van der Waals surface area contributed by atoms with Gasteiger partial charge in [-0.25, -0.2) is 8.78 Å². The molecule has 1 aromatic heterocycles. The molecular weight excluding hydrogens is 232 g/mol. The molecule has 7 heteroatoms. The van der Waals surface area contributed by atoms with E-state index in [0.717, 1.165) is 0 Å². The third-order valence-corrected chi connectivity index (χ3v) is 2.95. The Hall–Kier alpha value is -1.08. The van der Waals surface area contributed by atoms with Crippen molar-refractivity contribution in [1.82, 2.24) is 10.1 Å². The summed E-state index contributed by atoms with van der Waals surface area (Å²) >= 11 is 0. The van der Waals surface area contributed by atoms with E-state index in [1.165, 1.54) is 0 Å². The summed E-state index contributed by atoms with van der Waals surface area (Å²) in [7, 11) is 0. The molecule has 1 unspecified atom stereocenters. The van der Waals surface area contributed by atoms with Gasteiger partial charge in [0.15, 0.2) is 5.82 Å². The molecular formula is C10H15F2N3O2. The monoisotopic (exact) mass is 247 g/mol. The Morgan fingerprint density at radius 1 is 1.59 bits per heavy atom. The van der Waals surface area contributed by atoms with Gasteiger partial charge in [0, 0.05) is 18.8 Å². The minimum absolute atomic E-state index is 0.0562. The number of nitrogens with zero attached hydrogens (tertiary/aromatic N) is 2. The molecule has 1 aromatic rings. The van der Waals surface area contributed by atoms with E-state index in [-0.39, 0.29) is 30.5 Å². The molecule has 96 valence electrons. The van der Waals surface area contributed by atoms with E-state index in [9.17, 15) is 13.9 Å². The minimum Gasteiger partial charge on any atom is -0.383 e. The molecule has 0 aromatic carbocycles. The van der Waals surface area contributed by atoms with Gasteiger partial charge in [0.25, 0.3) is 5.89 Å². The van der Waals surface area contributed by atoms with E-state index < -0.39 is 12.0 Å². The van der Waals surface area contributed by atoms with Crippen molar-refractivity contribution in [2.45, 2.75) is 43.6 Å². The second kappa shape index (κ2) is 4.66. The molecule has 0 saturated heterocycles. The van der Waals surface area contributed by atoms with Gasteiger partial charge in [-0.2, -0.15) is 4.98 Å². The number of rotatable bonds is 4. The predicted octanol–water partition coefficient (Wildman–Crippen LogP) is 1.35. The van der Waals surface area contributed by atoms with Crippen LogP contribution in [0.25, 0.3) is 0 Å². The van der Waals surface area contributed by atoms with Crippen LogP contribution in [0.4, 0.5) is 8.78 Å². The molecule has 1 saturated carbocycles. The number of halogens is 2. The third-order valence-electron chi connectivity index (χ3n) is 2.95. The molecule has 0 aliphatic heterocycles. The molecule has 0 bridgehead atoms. The summed E-state index contributed by atoms with van der Waals surface area (Å²) in [6, 6.07) is 0. The largest absolute Gasteiger partial charge is 0.383 e. The van der Waals surface area contributed by atoms with Crippen molar-refractivity contribution >= 4 is 0 Å². The highest BCUT2D eigenvalue weighted by atomic mass is 19.3. The normalized spacial score (nSPS) is 25.1. The van der Waals surface area contributed by atoms with E-state index in [1.54, 1.807) is 0 Å². The first-order valence-corrected chi connectivity index (χ1v) is 5.61. The highest BCUT2D eigenvalue weighted by molar-refractivity contribution is 5.02. The number of hydrogen-bond acceptors (Lipinski definition) is 5. The van der Waals surface area contributed by atoms with Gasteiger partial charge in [-0.1, -0.05) is 5.16 Å². The molecule has 1 aliphatic carbocycles. The van der Waals surface area contributed by atoms with E-state index in [1.807, 2.05) is 0 Å². The number of nitrogens with two attached hydrogens (primary N) is 1. The molecule has 0 spiro atoms. The van der Waals surface area contributed by atoms with E-state index >= 15 is 0 Å². The van der Waals surface area contributed by atoms with Crippen LogP contribution in [0.2, 0.25) is 0 Å². The van der Waals surface area contributed by atoms with Crippen LogP contribution in [0.1, 0.15) is 49.4 Å². The lowest BCUT2D eigenvalue weighted by atomic mass is 10.1. The van der Waals surface area contributed by atoms with Crippen molar-refractivity contribution in [1.29, 1.82) is 0 Å². The van der Waals surface area contributed by atoms with Gasteiger partial charge in [-0.15, -0.1) is 0 Å². The average molecular weight is 247 g/mol. The molecule has 0 amide bonds. The van der Waals surface area contributed by atoms with Crippen LogP contribution < -0.4 is 5.73 Å². The maximum absolute atomic E-state index is 13.0. The average Bonchev–Trinajstić information content (AvgIpc) is 2.84. The molecule has 1 aliphatic rings. The van der Waals surface area contributed by atoms with Crippen molar-refractivity contribution < 1.29 is 18.4 Å². The SMILES string of the molecule is NCC[C@H](O)c1nc(C2CCC(F)(F)C2)no1. The number of aliphatic hydroxyl groups excluding tert-OH is 1. The molecule has 3 N–H and O–H groups in total. The highest BCUT2D eigenvalue weighted by Gasteiger charge is 2.42. The first kappa shape index (κ1) is 12.4. The number of alkyl halides is 2. The fourth-order valence-corrected chi connectivity index (χ4v) is 2.00. The molecule has 17 heavy (non-hydrogen) atoms. The number of aromatic nitrogens is 2.